The Bertz CT molecular complexity index is 594. The molecule has 0 aliphatic rings. The van der Waals surface area contributed by atoms with Crippen molar-refractivity contribution in [3.05, 3.63) is 18.2 Å². The number of Topliss-reactive ketones (excluding diaryl/α,β-unsaturated/α-hetero) is 1. The quantitative estimate of drug-likeness (QED) is 0.414. The molecule has 0 aromatic heterocycles. The van der Waals surface area contributed by atoms with Gasteiger partial charge in [0.15, 0.2) is 0 Å². The van der Waals surface area contributed by atoms with Crippen LogP contribution in [-0.2, 0) is 19.7 Å². The lowest BCUT2D eigenvalue weighted by molar-refractivity contribution is -0.124. The summed E-state index contributed by atoms with van der Waals surface area (Å²) in [6, 6.07) is 3.51. The minimum absolute atomic E-state index is 0.196. The normalized spacial score (nSPS) is 11.0. The Hall–Kier alpha value is -1.93. The third kappa shape index (κ3) is 3.82. The van der Waals surface area contributed by atoms with Crippen LogP contribution in [0.2, 0.25) is 0 Å². The highest BCUT2D eigenvalue weighted by molar-refractivity contribution is 7.86. The summed E-state index contributed by atoms with van der Waals surface area (Å²) in [4.78, 5) is 21.5. The zero-order valence-corrected chi connectivity index (χ0v) is 10.3. The number of carbonyl (C=O) groups is 2. The first-order chi connectivity index (χ1) is 8.20. The van der Waals surface area contributed by atoms with E-state index in [-0.39, 0.29) is 23.6 Å². The number of anilines is 2. The summed E-state index contributed by atoms with van der Waals surface area (Å²) in [5.41, 5.74) is 5.47. The molecule has 0 unspecified atom stereocenters. The second-order valence-corrected chi connectivity index (χ2v) is 5.04. The molecule has 8 heteroatoms. The van der Waals surface area contributed by atoms with Crippen molar-refractivity contribution in [3.63, 3.8) is 0 Å². The first kappa shape index (κ1) is 14.1. The van der Waals surface area contributed by atoms with E-state index in [0.717, 1.165) is 6.07 Å². The molecular formula is C10H12N2O5S. The number of rotatable bonds is 4. The van der Waals surface area contributed by atoms with Gasteiger partial charge in [-0.2, -0.15) is 8.42 Å². The van der Waals surface area contributed by atoms with E-state index in [2.05, 4.69) is 5.32 Å². The minimum Gasteiger partial charge on any atom is -0.398 e. The van der Waals surface area contributed by atoms with Gasteiger partial charge in [0, 0.05) is 5.69 Å². The van der Waals surface area contributed by atoms with Crippen LogP contribution < -0.4 is 11.1 Å². The van der Waals surface area contributed by atoms with Crippen LogP contribution in [0.5, 0.6) is 0 Å². The number of nitrogens with one attached hydrogen (secondary N) is 1. The lowest BCUT2D eigenvalue weighted by Crippen LogP contribution is -2.15. The predicted octanol–water partition coefficient (Wildman–Crippen LogP) is 0.433. The van der Waals surface area contributed by atoms with Gasteiger partial charge < -0.3 is 11.1 Å². The van der Waals surface area contributed by atoms with Crippen molar-refractivity contribution >= 4 is 33.2 Å². The first-order valence-corrected chi connectivity index (χ1v) is 6.30. The van der Waals surface area contributed by atoms with Crippen LogP contribution in [0.15, 0.2) is 23.1 Å². The van der Waals surface area contributed by atoms with Crippen LogP contribution >= 0.6 is 0 Å². The highest BCUT2D eigenvalue weighted by atomic mass is 32.2. The van der Waals surface area contributed by atoms with Crippen LogP contribution in [0.1, 0.15) is 13.3 Å². The molecule has 1 aromatic carbocycles. The topological polar surface area (TPSA) is 127 Å². The second kappa shape index (κ2) is 5.15. The van der Waals surface area contributed by atoms with Gasteiger partial charge in [0.2, 0.25) is 5.91 Å². The van der Waals surface area contributed by atoms with Crippen LogP contribution in [-0.4, -0.2) is 24.7 Å². The Balaban J connectivity index is 2.92. The number of amides is 1. The average Bonchev–Trinajstić information content (AvgIpc) is 2.13. The fraction of sp³-hybridized carbons (Fsp3) is 0.200. The maximum atomic E-state index is 11.3. The van der Waals surface area contributed by atoms with Gasteiger partial charge in [-0.25, -0.2) is 0 Å². The Morgan fingerprint density at radius 1 is 1.39 bits per heavy atom. The average molecular weight is 272 g/mol. The maximum absolute atomic E-state index is 11.3. The molecule has 0 fully saturated rings. The summed E-state index contributed by atoms with van der Waals surface area (Å²) >= 11 is 0. The molecule has 0 aliphatic carbocycles. The van der Waals surface area contributed by atoms with Crippen LogP contribution in [0.4, 0.5) is 11.4 Å². The molecule has 7 nitrogen and oxygen atoms in total. The molecule has 0 bridgehead atoms. The molecule has 0 aliphatic heterocycles. The van der Waals surface area contributed by atoms with Crippen molar-refractivity contribution in [1.29, 1.82) is 0 Å². The van der Waals surface area contributed by atoms with Gasteiger partial charge in [-0.15, -0.1) is 0 Å². The van der Waals surface area contributed by atoms with Gasteiger partial charge >= 0.3 is 0 Å². The van der Waals surface area contributed by atoms with Gasteiger partial charge in [0.05, 0.1) is 12.1 Å². The summed E-state index contributed by atoms with van der Waals surface area (Å²) in [5.74, 6) is -0.823. The number of benzene rings is 1. The van der Waals surface area contributed by atoms with Crippen LogP contribution in [0.3, 0.4) is 0 Å². The van der Waals surface area contributed by atoms with Crippen molar-refractivity contribution in [2.24, 2.45) is 0 Å². The molecule has 0 spiro atoms. The van der Waals surface area contributed by atoms with Gasteiger partial charge in [-0.1, -0.05) is 0 Å². The lowest BCUT2D eigenvalue weighted by Gasteiger charge is -2.07. The monoisotopic (exact) mass is 272 g/mol. The fourth-order valence-electron chi connectivity index (χ4n) is 1.29. The second-order valence-electron chi connectivity index (χ2n) is 3.65. The van der Waals surface area contributed by atoms with E-state index in [1.807, 2.05) is 0 Å². The molecule has 1 aromatic rings. The standard InChI is InChI=1S/C10H12N2O5S/c1-6(13)4-10(14)12-7-2-3-9(8(11)5-7)18(15,16)17/h2-3,5H,4,11H2,1H3,(H,12,14)(H,15,16,17). The van der Waals surface area contributed by atoms with E-state index in [9.17, 15) is 18.0 Å². The minimum atomic E-state index is -4.39. The van der Waals surface area contributed by atoms with Gasteiger partial charge in [0.25, 0.3) is 10.1 Å². The number of carbonyl (C=O) groups excluding carboxylic acids is 2. The molecule has 0 heterocycles. The van der Waals surface area contributed by atoms with E-state index in [4.69, 9.17) is 10.3 Å². The lowest BCUT2D eigenvalue weighted by atomic mass is 10.2. The predicted molar refractivity (Wildman–Crippen MR) is 64.6 cm³/mol. The molecule has 98 valence electrons. The van der Waals surface area contributed by atoms with Crippen molar-refractivity contribution in [2.45, 2.75) is 18.2 Å². The van der Waals surface area contributed by atoms with Crippen molar-refractivity contribution in [1.82, 2.24) is 0 Å². The molecule has 4 N–H and O–H groups in total. The van der Waals surface area contributed by atoms with Crippen molar-refractivity contribution < 1.29 is 22.6 Å². The smallest absolute Gasteiger partial charge is 0.296 e. The summed E-state index contributed by atoms with van der Waals surface area (Å²) < 4.78 is 30.6. The molecular weight excluding hydrogens is 260 g/mol. The molecule has 0 radical (unpaired) electrons. The van der Waals surface area contributed by atoms with E-state index in [1.54, 1.807) is 0 Å². The Morgan fingerprint density at radius 3 is 2.44 bits per heavy atom. The molecule has 0 saturated carbocycles. The van der Waals surface area contributed by atoms with E-state index < -0.39 is 20.9 Å². The zero-order valence-electron chi connectivity index (χ0n) is 9.50. The van der Waals surface area contributed by atoms with Gasteiger partial charge in [-0.05, 0) is 25.1 Å². The number of nitrogen functional groups attached to an aromatic ring is 1. The molecule has 1 amide bonds. The Labute approximate surface area is 104 Å². The van der Waals surface area contributed by atoms with Gasteiger partial charge in [-0.3, -0.25) is 14.1 Å². The number of hydrogen-bond acceptors (Lipinski definition) is 5. The van der Waals surface area contributed by atoms with E-state index >= 15 is 0 Å². The maximum Gasteiger partial charge on any atom is 0.296 e. The van der Waals surface area contributed by atoms with E-state index in [1.165, 1.54) is 19.1 Å². The molecule has 1 rings (SSSR count). The van der Waals surface area contributed by atoms with Crippen molar-refractivity contribution in [2.75, 3.05) is 11.1 Å². The van der Waals surface area contributed by atoms with Crippen LogP contribution in [0.25, 0.3) is 0 Å². The first-order valence-electron chi connectivity index (χ1n) is 4.86. The third-order valence-electron chi connectivity index (χ3n) is 1.98. The van der Waals surface area contributed by atoms with Crippen LogP contribution in [0, 0.1) is 0 Å². The highest BCUT2D eigenvalue weighted by Gasteiger charge is 2.14. The summed E-state index contributed by atoms with van der Waals surface area (Å²) in [5, 5.41) is 2.38. The SMILES string of the molecule is CC(=O)CC(=O)Nc1ccc(S(=O)(=O)O)c(N)c1. The molecule has 0 saturated heterocycles. The summed E-state index contributed by atoms with van der Waals surface area (Å²) in [6.45, 7) is 1.27. The third-order valence-corrected chi connectivity index (χ3v) is 2.91. The summed E-state index contributed by atoms with van der Waals surface area (Å²) in [6.07, 6.45) is -0.278. The number of nitrogens with two attached hydrogens (primary N) is 1. The largest absolute Gasteiger partial charge is 0.398 e. The zero-order chi connectivity index (χ0) is 13.9. The molecule has 18 heavy (non-hydrogen) atoms. The Morgan fingerprint density at radius 2 is 2.00 bits per heavy atom. The van der Waals surface area contributed by atoms with E-state index in [0.29, 0.717) is 0 Å². The number of hydrogen-bond donors (Lipinski definition) is 3. The number of ketones is 1. The summed E-state index contributed by atoms with van der Waals surface area (Å²) in [7, 11) is -4.39. The van der Waals surface area contributed by atoms with Crippen molar-refractivity contribution in [3.8, 4) is 0 Å². The van der Waals surface area contributed by atoms with Gasteiger partial charge in [0.1, 0.15) is 10.7 Å². The molecule has 0 atom stereocenters. The highest BCUT2D eigenvalue weighted by Crippen LogP contribution is 2.22. The fourth-order valence-corrected chi connectivity index (χ4v) is 1.89. The Kier molecular flexibility index (Phi) is 4.04.